The summed E-state index contributed by atoms with van der Waals surface area (Å²) >= 11 is 0. The summed E-state index contributed by atoms with van der Waals surface area (Å²) in [5, 5.41) is 2.08. The number of benzene rings is 1. The molecule has 2 aromatic rings. The molecule has 0 amide bonds. The molecule has 2 heterocycles. The molecular formula is C16H19NO4. The third-order valence-corrected chi connectivity index (χ3v) is 3.62. The molecule has 1 aromatic carbocycles. The topological polar surface area (TPSA) is 49.8 Å². The van der Waals surface area contributed by atoms with E-state index in [1.165, 1.54) is 0 Å². The molecule has 21 heavy (non-hydrogen) atoms. The molecular weight excluding hydrogens is 270 g/mol. The SMILES string of the molecule is COCc1nc(C)c2ccc3c(c2c1COC)OCCO3. The molecule has 0 saturated heterocycles. The molecule has 1 aliphatic rings. The van der Waals surface area contributed by atoms with E-state index in [2.05, 4.69) is 4.98 Å². The lowest BCUT2D eigenvalue weighted by molar-refractivity contribution is 0.164. The van der Waals surface area contributed by atoms with Gasteiger partial charge in [0.1, 0.15) is 13.2 Å². The Morgan fingerprint density at radius 2 is 1.86 bits per heavy atom. The number of pyridine rings is 1. The molecule has 1 aromatic heterocycles. The maximum absolute atomic E-state index is 5.86. The van der Waals surface area contributed by atoms with Crippen LogP contribution in [0.2, 0.25) is 0 Å². The van der Waals surface area contributed by atoms with Gasteiger partial charge in [0.25, 0.3) is 0 Å². The zero-order valence-electron chi connectivity index (χ0n) is 12.6. The molecule has 0 spiro atoms. The Kier molecular flexibility index (Phi) is 3.94. The predicted molar refractivity (Wildman–Crippen MR) is 78.9 cm³/mol. The third-order valence-electron chi connectivity index (χ3n) is 3.62. The van der Waals surface area contributed by atoms with Crippen LogP contribution in [0, 0.1) is 6.92 Å². The predicted octanol–water partition coefficient (Wildman–Crippen LogP) is 2.61. The molecule has 0 fully saturated rings. The van der Waals surface area contributed by atoms with Crippen LogP contribution in [-0.2, 0) is 22.7 Å². The van der Waals surface area contributed by atoms with Crippen molar-refractivity contribution in [2.45, 2.75) is 20.1 Å². The van der Waals surface area contributed by atoms with E-state index in [1.807, 2.05) is 19.1 Å². The Bertz CT molecular complexity index is 669. The van der Waals surface area contributed by atoms with E-state index < -0.39 is 0 Å². The van der Waals surface area contributed by atoms with Crippen LogP contribution < -0.4 is 9.47 Å². The second-order valence-electron chi connectivity index (χ2n) is 5.00. The summed E-state index contributed by atoms with van der Waals surface area (Å²) < 4.78 is 22.2. The van der Waals surface area contributed by atoms with E-state index in [0.29, 0.717) is 26.4 Å². The van der Waals surface area contributed by atoms with Gasteiger partial charge in [-0.2, -0.15) is 0 Å². The number of nitrogens with zero attached hydrogens (tertiary/aromatic N) is 1. The Balaban J connectivity index is 2.33. The van der Waals surface area contributed by atoms with Gasteiger partial charge in [-0.1, -0.05) is 0 Å². The Hall–Kier alpha value is -1.85. The van der Waals surface area contributed by atoms with Gasteiger partial charge in [-0.3, -0.25) is 4.98 Å². The highest BCUT2D eigenvalue weighted by Crippen LogP contribution is 2.41. The van der Waals surface area contributed by atoms with Gasteiger partial charge in [-0.25, -0.2) is 0 Å². The van der Waals surface area contributed by atoms with Crippen LogP contribution in [0.5, 0.6) is 11.5 Å². The summed E-state index contributed by atoms with van der Waals surface area (Å²) in [6.45, 7) is 4.03. The first-order valence-corrected chi connectivity index (χ1v) is 6.94. The van der Waals surface area contributed by atoms with Gasteiger partial charge in [-0.05, 0) is 19.1 Å². The number of fused-ring (bicyclic) bond motifs is 3. The quantitative estimate of drug-likeness (QED) is 0.866. The summed E-state index contributed by atoms with van der Waals surface area (Å²) in [5.74, 6) is 1.56. The fraction of sp³-hybridized carbons (Fsp3) is 0.438. The standard InChI is InChI=1S/C16H19NO4/c1-10-11-4-5-14-16(21-7-6-20-14)15(11)12(8-18-2)13(17-10)9-19-3/h4-5H,6-9H2,1-3H3. The summed E-state index contributed by atoms with van der Waals surface area (Å²) in [4.78, 5) is 4.66. The van der Waals surface area contributed by atoms with Crippen molar-refractivity contribution in [2.75, 3.05) is 27.4 Å². The van der Waals surface area contributed by atoms with Crippen molar-refractivity contribution in [3.63, 3.8) is 0 Å². The maximum Gasteiger partial charge on any atom is 0.169 e. The van der Waals surface area contributed by atoms with Gasteiger partial charge in [-0.15, -0.1) is 0 Å². The monoisotopic (exact) mass is 289 g/mol. The number of rotatable bonds is 4. The molecule has 0 aliphatic carbocycles. The highest BCUT2D eigenvalue weighted by molar-refractivity contribution is 5.95. The van der Waals surface area contributed by atoms with E-state index in [9.17, 15) is 0 Å². The largest absolute Gasteiger partial charge is 0.486 e. The number of aromatic nitrogens is 1. The van der Waals surface area contributed by atoms with E-state index in [0.717, 1.165) is 39.2 Å². The number of hydrogen-bond donors (Lipinski definition) is 0. The van der Waals surface area contributed by atoms with Crippen LogP contribution in [0.1, 0.15) is 17.0 Å². The molecule has 0 unspecified atom stereocenters. The molecule has 5 heteroatoms. The molecule has 0 bridgehead atoms. The van der Waals surface area contributed by atoms with Crippen molar-refractivity contribution < 1.29 is 18.9 Å². The summed E-state index contributed by atoms with van der Waals surface area (Å²) in [5.41, 5.74) is 2.84. The Morgan fingerprint density at radius 1 is 1.10 bits per heavy atom. The summed E-state index contributed by atoms with van der Waals surface area (Å²) in [6, 6.07) is 3.97. The van der Waals surface area contributed by atoms with Crippen molar-refractivity contribution in [3.8, 4) is 11.5 Å². The zero-order chi connectivity index (χ0) is 14.8. The fourth-order valence-corrected chi connectivity index (χ4v) is 2.75. The van der Waals surface area contributed by atoms with Crippen LogP contribution >= 0.6 is 0 Å². The number of methoxy groups -OCH3 is 2. The maximum atomic E-state index is 5.86. The minimum atomic E-state index is 0.444. The Morgan fingerprint density at radius 3 is 2.62 bits per heavy atom. The molecule has 0 saturated carbocycles. The minimum absolute atomic E-state index is 0.444. The Labute approximate surface area is 123 Å². The highest BCUT2D eigenvalue weighted by atomic mass is 16.6. The first kappa shape index (κ1) is 14.1. The van der Waals surface area contributed by atoms with Gasteiger partial charge in [0, 0.05) is 36.2 Å². The van der Waals surface area contributed by atoms with Crippen molar-refractivity contribution in [1.82, 2.24) is 4.98 Å². The van der Waals surface area contributed by atoms with Gasteiger partial charge < -0.3 is 18.9 Å². The van der Waals surface area contributed by atoms with Crippen molar-refractivity contribution >= 4 is 10.8 Å². The van der Waals surface area contributed by atoms with Crippen molar-refractivity contribution in [2.24, 2.45) is 0 Å². The zero-order valence-corrected chi connectivity index (χ0v) is 12.6. The van der Waals surface area contributed by atoms with Gasteiger partial charge in [0.2, 0.25) is 0 Å². The second kappa shape index (κ2) is 5.87. The van der Waals surface area contributed by atoms with Crippen LogP contribution in [0.3, 0.4) is 0 Å². The molecule has 112 valence electrons. The van der Waals surface area contributed by atoms with Gasteiger partial charge in [0.05, 0.1) is 18.9 Å². The van der Waals surface area contributed by atoms with Crippen molar-refractivity contribution in [3.05, 3.63) is 29.1 Å². The van der Waals surface area contributed by atoms with Crippen LogP contribution in [-0.4, -0.2) is 32.4 Å². The normalized spacial score (nSPS) is 13.7. The fourth-order valence-electron chi connectivity index (χ4n) is 2.75. The molecule has 0 N–H and O–H groups in total. The minimum Gasteiger partial charge on any atom is -0.486 e. The number of aryl methyl sites for hydroxylation is 1. The van der Waals surface area contributed by atoms with Gasteiger partial charge in [0.15, 0.2) is 11.5 Å². The van der Waals surface area contributed by atoms with E-state index in [4.69, 9.17) is 18.9 Å². The molecule has 0 radical (unpaired) electrons. The lowest BCUT2D eigenvalue weighted by Gasteiger charge is -2.23. The molecule has 1 aliphatic heterocycles. The van der Waals surface area contributed by atoms with E-state index in [-0.39, 0.29) is 0 Å². The van der Waals surface area contributed by atoms with Gasteiger partial charge >= 0.3 is 0 Å². The second-order valence-corrected chi connectivity index (χ2v) is 5.00. The van der Waals surface area contributed by atoms with Crippen LogP contribution in [0.15, 0.2) is 12.1 Å². The summed E-state index contributed by atoms with van der Waals surface area (Å²) in [6.07, 6.45) is 0. The van der Waals surface area contributed by atoms with Crippen LogP contribution in [0.25, 0.3) is 10.8 Å². The first-order valence-electron chi connectivity index (χ1n) is 6.94. The lowest BCUT2D eigenvalue weighted by Crippen LogP contribution is -2.16. The highest BCUT2D eigenvalue weighted by Gasteiger charge is 2.21. The van der Waals surface area contributed by atoms with E-state index in [1.54, 1.807) is 14.2 Å². The third kappa shape index (κ3) is 2.43. The summed E-state index contributed by atoms with van der Waals surface area (Å²) in [7, 11) is 3.34. The lowest BCUT2D eigenvalue weighted by atomic mass is 10.0. The average Bonchev–Trinajstić information content (AvgIpc) is 2.50. The number of hydrogen-bond acceptors (Lipinski definition) is 5. The van der Waals surface area contributed by atoms with Crippen molar-refractivity contribution in [1.29, 1.82) is 0 Å². The van der Waals surface area contributed by atoms with Crippen LogP contribution in [0.4, 0.5) is 0 Å². The molecule has 3 rings (SSSR count). The van der Waals surface area contributed by atoms with E-state index >= 15 is 0 Å². The first-order chi connectivity index (χ1) is 10.3. The average molecular weight is 289 g/mol. The molecule has 5 nitrogen and oxygen atoms in total. The molecule has 0 atom stereocenters. The number of ether oxygens (including phenoxy) is 4. The smallest absolute Gasteiger partial charge is 0.169 e.